The van der Waals surface area contributed by atoms with Crippen LogP contribution in [0.2, 0.25) is 0 Å². The lowest BCUT2D eigenvalue weighted by Gasteiger charge is -2.40. The Hall–Kier alpha value is -12.2. The summed E-state index contributed by atoms with van der Waals surface area (Å²) in [6, 6.07) is 53.2. The van der Waals surface area contributed by atoms with Crippen LogP contribution >= 0.6 is 0 Å². The third kappa shape index (κ3) is 16.4. The number of pyridine rings is 8. The zero-order valence-electron chi connectivity index (χ0n) is 66.6. The number of hydrogen-bond acceptors (Lipinski definition) is 19. The molecule has 0 saturated carbocycles. The van der Waals surface area contributed by atoms with Gasteiger partial charge in [0.05, 0.1) is 35.4 Å². The maximum Gasteiger partial charge on any atom is 0.255 e. The van der Waals surface area contributed by atoms with Crippen LogP contribution in [0.3, 0.4) is 0 Å². The van der Waals surface area contributed by atoms with E-state index in [4.69, 9.17) is 23.7 Å². The van der Waals surface area contributed by atoms with E-state index in [9.17, 15) is 23.6 Å². The van der Waals surface area contributed by atoms with Crippen LogP contribution < -0.4 is 57.6 Å². The third-order valence-electron chi connectivity index (χ3n) is 22.9. The average Bonchev–Trinajstić information content (AvgIpc) is 1.07. The number of halogens is 1. The molecule has 0 aliphatic carbocycles. The van der Waals surface area contributed by atoms with E-state index < -0.39 is 5.82 Å². The summed E-state index contributed by atoms with van der Waals surface area (Å²) in [6.45, 7) is 28.0. The predicted molar refractivity (Wildman–Crippen MR) is 457 cm³/mol. The van der Waals surface area contributed by atoms with Crippen molar-refractivity contribution in [2.45, 2.75) is 92.4 Å². The normalized spacial score (nSPS) is 17.2. The maximum atomic E-state index is 14.1. The Bertz CT molecular complexity index is 6430. The fourth-order valence-electron chi connectivity index (χ4n) is 16.3. The molecular formula is C91H96FN15O8. The molecule has 4 aliphatic heterocycles. The Kier molecular flexibility index (Phi) is 21.6. The van der Waals surface area contributed by atoms with E-state index in [0.717, 1.165) is 208 Å². The first kappa shape index (κ1) is 76.8. The second kappa shape index (κ2) is 32.3. The molecule has 19 rings (SSSR count). The second-order valence-corrected chi connectivity index (χ2v) is 30.9. The first-order chi connectivity index (χ1) is 55.5. The number of nitrogens with zero attached hydrogens (tertiary/aromatic N) is 13. The Labute approximate surface area is 664 Å². The van der Waals surface area contributed by atoms with Gasteiger partial charge in [0, 0.05) is 183 Å². The molecule has 0 unspecified atom stereocenters. The molecule has 0 bridgehead atoms. The summed E-state index contributed by atoms with van der Waals surface area (Å²) in [7, 11) is 3.59. The molecule has 4 aliphatic rings. The van der Waals surface area contributed by atoms with Gasteiger partial charge in [-0.2, -0.15) is 0 Å². The smallest absolute Gasteiger partial charge is 0.255 e. The van der Waals surface area contributed by atoms with Crippen molar-refractivity contribution < 1.29 is 22.4 Å². The highest BCUT2D eigenvalue weighted by Crippen LogP contribution is 2.33. The number of likely N-dealkylation sites (N-methyl/N-ethyl adjacent to an activating group) is 2. The van der Waals surface area contributed by atoms with Crippen LogP contribution in [0, 0.1) is 33.5 Å². The summed E-state index contributed by atoms with van der Waals surface area (Å²) in [5.41, 5.74) is 26.0. The lowest BCUT2D eigenvalue weighted by molar-refractivity contribution is 0.199. The highest BCUT2D eigenvalue weighted by molar-refractivity contribution is 5.84. The van der Waals surface area contributed by atoms with E-state index in [-0.39, 0.29) is 34.0 Å². The number of aryl methyl sites for hydroxylation is 4. The number of methoxy groups -OCH3 is 1. The number of ether oxygens (including phenoxy) is 1. The molecule has 590 valence electrons. The summed E-state index contributed by atoms with van der Waals surface area (Å²) in [5.74, 6) is 1.66. The van der Waals surface area contributed by atoms with Gasteiger partial charge < -0.3 is 53.5 Å². The highest BCUT2D eigenvalue weighted by Gasteiger charge is 2.26. The third-order valence-corrected chi connectivity index (χ3v) is 22.9. The molecule has 0 spiro atoms. The molecule has 0 radical (unpaired) electrons. The molecule has 15 heterocycles. The van der Waals surface area contributed by atoms with Gasteiger partial charge in [0.1, 0.15) is 16.6 Å². The number of nitrogens with two attached hydrogens (primary N) is 1. The van der Waals surface area contributed by atoms with Crippen LogP contribution in [0.1, 0.15) is 63.8 Å². The van der Waals surface area contributed by atoms with Crippen molar-refractivity contribution >= 4 is 78.1 Å². The first-order valence-corrected chi connectivity index (χ1v) is 39.6. The largest absolute Gasteiger partial charge is 0.494 e. The monoisotopic (exact) mass is 1550 g/mol. The molecule has 24 heteroatoms. The van der Waals surface area contributed by atoms with Gasteiger partial charge in [-0.15, -0.1) is 0 Å². The van der Waals surface area contributed by atoms with Crippen LogP contribution in [0.25, 0.3) is 99.9 Å². The summed E-state index contributed by atoms with van der Waals surface area (Å²) in [5, 5.41) is 3.43. The van der Waals surface area contributed by atoms with Crippen molar-refractivity contribution in [2.75, 3.05) is 112 Å². The summed E-state index contributed by atoms with van der Waals surface area (Å²) < 4.78 is 42.9. The number of oxazole rings is 3. The first-order valence-electron chi connectivity index (χ1n) is 39.6. The van der Waals surface area contributed by atoms with Crippen LogP contribution in [-0.2, 0) is 0 Å². The van der Waals surface area contributed by atoms with Gasteiger partial charge in [0.15, 0.2) is 46.0 Å². The second-order valence-electron chi connectivity index (χ2n) is 30.9. The van der Waals surface area contributed by atoms with Crippen LogP contribution in [0.5, 0.6) is 5.75 Å². The van der Waals surface area contributed by atoms with Crippen molar-refractivity contribution in [1.29, 1.82) is 0 Å². The van der Waals surface area contributed by atoms with Crippen LogP contribution in [-0.4, -0.2) is 159 Å². The number of fused-ring (bicyclic) bond motifs is 7. The standard InChI is InChI=1S/C24H26N4O2.C23H24N4O2.C22H24FN3O2.C22H22N4O2/c1-4-26-9-10-27(14-16(26)2)21-7-6-20-11-19(13-24(29)28(20)15-21)18-5-8-22-23(12-18)30-17(3)25-22;1-15-13-26(9-8-25(15)3)20-6-5-19-10-18(12-23(28)27(19)14-20)17-4-7-21-22(11-17)29-16(2)24-21;1-14-8-18(25-7-6-24-15(2)12-25)13-26-20(14)10-17(11-22(26)27)16-4-5-21(28-3)19(23)9-16;1-14-24-20-5-2-15(11-21(20)28-14)16-10-18-3-4-19(13-26(18)22(27)12-16)25-8-6-17(23)7-9-25/h5-8,11-13,15-16H,4,9-10,14H2,1-3H3;4-7,10-12,14-15H,8-9,13H2,1-3H3;4-5,8-11,13,15,24H,6-7,12H2,1-3H3;2-5,10-13,17H,6-9,23H2,1H3/t16-;2*15-;/m000./s1. The molecule has 4 saturated heterocycles. The van der Waals surface area contributed by atoms with Gasteiger partial charge in [-0.1, -0.05) is 31.2 Å². The lowest BCUT2D eigenvalue weighted by Crippen LogP contribution is -2.51. The highest BCUT2D eigenvalue weighted by atomic mass is 19.1. The van der Waals surface area contributed by atoms with E-state index in [0.29, 0.717) is 46.9 Å². The summed E-state index contributed by atoms with van der Waals surface area (Å²) in [6.07, 6.45) is 9.73. The maximum absolute atomic E-state index is 14.1. The molecule has 4 fully saturated rings. The average molecular weight is 1550 g/mol. The zero-order valence-corrected chi connectivity index (χ0v) is 66.6. The number of piperazine rings is 3. The van der Waals surface area contributed by atoms with Crippen molar-refractivity contribution in [1.82, 2.24) is 47.7 Å². The minimum Gasteiger partial charge on any atom is -0.494 e. The number of hydrogen-bond donors (Lipinski definition) is 2. The SMILES string of the molecule is CCN1CCN(c2ccc3cc(-c4ccc5nc(C)oc5c4)cc(=O)n3c2)C[C@@H]1C.COc1ccc(-c2cc(=O)n3cc(N4CCN[C@@H](C)C4)cc(C)c3c2)cc1F.Cc1nc2ccc(-c3cc(=O)n4cc(N5CCC(N)CC5)ccc4c3)cc2o1.Cc1nc2ccc(-c3cc(=O)n4cc(N5CCN(C)[C@@H](C)C5)ccc4c3)cc2o1. The van der Waals surface area contributed by atoms with Crippen molar-refractivity contribution in [3.8, 4) is 50.3 Å². The van der Waals surface area contributed by atoms with Crippen molar-refractivity contribution in [3.05, 3.63) is 259 Å². The topological polar surface area (TPSA) is 231 Å². The summed E-state index contributed by atoms with van der Waals surface area (Å²) >= 11 is 0. The number of anilines is 4. The Morgan fingerprint density at radius 1 is 0.452 bits per heavy atom. The van der Waals surface area contributed by atoms with E-state index in [1.165, 1.54) is 13.2 Å². The van der Waals surface area contributed by atoms with Gasteiger partial charge >= 0.3 is 0 Å². The quantitative estimate of drug-likeness (QED) is 0.130. The molecule has 11 aromatic heterocycles. The molecule has 115 heavy (non-hydrogen) atoms. The minimum atomic E-state index is -0.444. The van der Waals surface area contributed by atoms with Crippen LogP contribution in [0.4, 0.5) is 27.1 Å². The number of rotatable bonds is 10. The Balaban J connectivity index is 0.000000115. The van der Waals surface area contributed by atoms with Crippen molar-refractivity contribution in [2.24, 2.45) is 5.73 Å². The molecule has 3 atom stereocenters. The van der Waals surface area contributed by atoms with Gasteiger partial charge in [-0.3, -0.25) is 41.7 Å². The van der Waals surface area contributed by atoms with Gasteiger partial charge in [0.2, 0.25) is 0 Å². The number of piperidine rings is 1. The molecule has 15 aromatic rings. The van der Waals surface area contributed by atoms with Gasteiger partial charge in [-0.25, -0.2) is 19.3 Å². The fraction of sp³-hybridized carbons (Fsp3) is 0.308. The summed E-state index contributed by atoms with van der Waals surface area (Å²) in [4.78, 5) is 78.7. The fourth-order valence-corrected chi connectivity index (χ4v) is 16.3. The Morgan fingerprint density at radius 3 is 1.33 bits per heavy atom. The Morgan fingerprint density at radius 2 is 0.878 bits per heavy atom. The zero-order chi connectivity index (χ0) is 80.0. The number of aromatic nitrogens is 7. The molecule has 0 amide bonds. The van der Waals surface area contributed by atoms with Crippen LogP contribution in [0.15, 0.2) is 221 Å². The minimum absolute atomic E-state index is 0.0292. The van der Waals surface area contributed by atoms with Crippen molar-refractivity contribution in [3.63, 3.8) is 0 Å². The van der Waals surface area contributed by atoms with Gasteiger partial charge in [-0.05, 0) is 219 Å². The van der Waals surface area contributed by atoms with E-state index in [2.05, 4.69) is 109 Å². The number of benzene rings is 4. The predicted octanol–water partition coefficient (Wildman–Crippen LogP) is 14.1. The van der Waals surface area contributed by atoms with E-state index in [1.54, 1.807) is 54.0 Å². The van der Waals surface area contributed by atoms with E-state index >= 15 is 0 Å². The molecule has 3 N–H and O–H groups in total. The van der Waals surface area contributed by atoms with Gasteiger partial charge in [0.25, 0.3) is 22.2 Å². The molecular weight excluding hydrogens is 1450 g/mol. The molecule has 23 nitrogen and oxygen atoms in total. The lowest BCUT2D eigenvalue weighted by atomic mass is 10.0. The number of nitrogens with one attached hydrogen (secondary N) is 1. The molecule has 4 aromatic carbocycles. The van der Waals surface area contributed by atoms with E-state index in [1.807, 2.05) is 150 Å².